The molecule has 4 heteroatoms. The highest BCUT2D eigenvalue weighted by atomic mass is 32.2. The van der Waals surface area contributed by atoms with E-state index in [-0.39, 0.29) is 17.1 Å². The second-order valence-corrected chi connectivity index (χ2v) is 6.37. The monoisotopic (exact) mass is 243 g/mol. The minimum atomic E-state index is -0.400. The van der Waals surface area contributed by atoms with Crippen molar-refractivity contribution in [1.82, 2.24) is 5.32 Å². The van der Waals surface area contributed by atoms with Crippen LogP contribution in [-0.2, 0) is 9.59 Å². The lowest BCUT2D eigenvalue weighted by atomic mass is 9.92. The van der Waals surface area contributed by atoms with Crippen LogP contribution < -0.4 is 5.32 Å². The van der Waals surface area contributed by atoms with Gasteiger partial charge in [-0.3, -0.25) is 14.9 Å². The van der Waals surface area contributed by atoms with Gasteiger partial charge in [-0.2, -0.15) is 0 Å². The molecule has 0 aromatic carbocycles. The first-order valence-electron chi connectivity index (χ1n) is 5.98. The number of hydrogen-bond donors (Lipinski definition) is 1. The van der Waals surface area contributed by atoms with Gasteiger partial charge in [0.15, 0.2) is 0 Å². The fourth-order valence-electron chi connectivity index (χ4n) is 2.14. The van der Waals surface area contributed by atoms with Crippen LogP contribution in [0.15, 0.2) is 0 Å². The van der Waals surface area contributed by atoms with Gasteiger partial charge in [-0.25, -0.2) is 0 Å². The number of imide groups is 1. The van der Waals surface area contributed by atoms with Crippen LogP contribution in [0, 0.1) is 5.92 Å². The summed E-state index contributed by atoms with van der Waals surface area (Å²) in [5.41, 5.74) is 0. The van der Waals surface area contributed by atoms with E-state index in [1.54, 1.807) is 11.8 Å². The van der Waals surface area contributed by atoms with Gasteiger partial charge in [0.05, 0.1) is 10.00 Å². The molecule has 16 heavy (non-hydrogen) atoms. The third kappa shape index (κ3) is 2.59. The summed E-state index contributed by atoms with van der Waals surface area (Å²) in [4.78, 5) is 23.6. The summed E-state index contributed by atoms with van der Waals surface area (Å²) in [6.45, 7) is 8.24. The summed E-state index contributed by atoms with van der Waals surface area (Å²) >= 11 is 1.56. The van der Waals surface area contributed by atoms with E-state index < -0.39 is 4.75 Å². The zero-order chi connectivity index (χ0) is 12.3. The van der Waals surface area contributed by atoms with Crippen LogP contribution in [0.3, 0.4) is 0 Å². The van der Waals surface area contributed by atoms with Gasteiger partial charge in [-0.1, -0.05) is 27.7 Å². The Morgan fingerprint density at radius 3 is 2.44 bits per heavy atom. The number of carbonyl (C=O) groups excluding carboxylic acids is 2. The molecule has 1 saturated heterocycles. The number of rotatable bonds is 4. The van der Waals surface area contributed by atoms with Crippen LogP contribution in [-0.4, -0.2) is 21.8 Å². The summed E-state index contributed by atoms with van der Waals surface area (Å²) in [6, 6.07) is 0. The third-order valence-corrected chi connectivity index (χ3v) is 4.91. The average molecular weight is 243 g/mol. The van der Waals surface area contributed by atoms with E-state index in [2.05, 4.69) is 19.2 Å². The van der Waals surface area contributed by atoms with E-state index in [0.717, 1.165) is 19.3 Å². The molecule has 1 aliphatic heterocycles. The molecule has 1 fully saturated rings. The molecule has 1 aliphatic rings. The fourth-order valence-corrected chi connectivity index (χ4v) is 3.77. The first kappa shape index (κ1) is 13.6. The summed E-state index contributed by atoms with van der Waals surface area (Å²) in [6.07, 6.45) is 2.40. The average Bonchev–Trinajstić information content (AvgIpc) is 2.21. The van der Waals surface area contributed by atoms with Gasteiger partial charge >= 0.3 is 0 Å². The van der Waals surface area contributed by atoms with Crippen molar-refractivity contribution in [2.24, 2.45) is 5.92 Å². The number of nitrogens with one attached hydrogen (secondary N) is 1. The van der Waals surface area contributed by atoms with E-state index in [1.165, 1.54) is 0 Å². The normalized spacial score (nSPS) is 30.7. The molecule has 1 heterocycles. The Balaban J connectivity index is 2.90. The number of carbonyl (C=O) groups is 2. The summed E-state index contributed by atoms with van der Waals surface area (Å²) in [5.74, 6) is 0.248. The summed E-state index contributed by atoms with van der Waals surface area (Å²) < 4.78 is -0.400. The highest BCUT2D eigenvalue weighted by molar-refractivity contribution is 8.02. The molecule has 3 nitrogen and oxygen atoms in total. The predicted octanol–water partition coefficient (Wildman–Crippen LogP) is 2.35. The third-order valence-electron chi connectivity index (χ3n) is 2.99. The molecule has 92 valence electrons. The van der Waals surface area contributed by atoms with Crippen molar-refractivity contribution in [2.45, 2.75) is 57.0 Å². The maximum absolute atomic E-state index is 12.0. The molecule has 0 spiro atoms. The number of thioether (sulfide) groups is 1. The van der Waals surface area contributed by atoms with Crippen LogP contribution in [0.25, 0.3) is 0 Å². The Morgan fingerprint density at radius 1 is 1.38 bits per heavy atom. The van der Waals surface area contributed by atoms with E-state index in [9.17, 15) is 9.59 Å². The number of amides is 2. The lowest BCUT2D eigenvalue weighted by Gasteiger charge is -2.38. The second kappa shape index (κ2) is 5.21. The van der Waals surface area contributed by atoms with Crippen LogP contribution in [0.4, 0.5) is 0 Å². The first-order chi connectivity index (χ1) is 7.45. The molecule has 2 unspecified atom stereocenters. The van der Waals surface area contributed by atoms with Crippen LogP contribution in [0.1, 0.15) is 47.0 Å². The van der Waals surface area contributed by atoms with Crippen molar-refractivity contribution in [2.75, 3.05) is 0 Å². The molecule has 2 amide bonds. The Hall–Kier alpha value is -0.510. The number of hydrogen-bond acceptors (Lipinski definition) is 3. The minimum Gasteiger partial charge on any atom is -0.294 e. The largest absolute Gasteiger partial charge is 0.294 e. The van der Waals surface area contributed by atoms with Crippen molar-refractivity contribution in [1.29, 1.82) is 0 Å². The molecule has 0 aromatic heterocycles. The maximum Gasteiger partial charge on any atom is 0.242 e. The second-order valence-electron chi connectivity index (χ2n) is 4.78. The van der Waals surface area contributed by atoms with Gasteiger partial charge in [-0.05, 0) is 25.2 Å². The van der Waals surface area contributed by atoms with Crippen LogP contribution in [0.5, 0.6) is 0 Å². The molecule has 0 radical (unpaired) electrons. The van der Waals surface area contributed by atoms with Gasteiger partial charge in [-0.15, -0.1) is 11.8 Å². The van der Waals surface area contributed by atoms with Crippen molar-refractivity contribution in [3.63, 3.8) is 0 Å². The summed E-state index contributed by atoms with van der Waals surface area (Å²) in [5, 5.41) is 2.46. The Bertz CT molecular complexity index is 291. The molecule has 0 bridgehead atoms. The lowest BCUT2D eigenvalue weighted by molar-refractivity contribution is -0.133. The van der Waals surface area contributed by atoms with Gasteiger partial charge in [0.25, 0.3) is 0 Å². The molecular weight excluding hydrogens is 222 g/mol. The molecule has 2 atom stereocenters. The highest BCUT2D eigenvalue weighted by Gasteiger charge is 2.46. The van der Waals surface area contributed by atoms with Crippen LogP contribution in [0.2, 0.25) is 0 Å². The van der Waals surface area contributed by atoms with Crippen molar-refractivity contribution >= 4 is 23.6 Å². The van der Waals surface area contributed by atoms with E-state index in [1.807, 2.05) is 13.8 Å². The molecule has 1 N–H and O–H groups in total. The fraction of sp³-hybridized carbons (Fsp3) is 0.833. The predicted molar refractivity (Wildman–Crippen MR) is 67.3 cm³/mol. The van der Waals surface area contributed by atoms with Crippen molar-refractivity contribution in [3.05, 3.63) is 0 Å². The molecular formula is C12H21NO2S. The highest BCUT2D eigenvalue weighted by Crippen LogP contribution is 2.41. The lowest BCUT2D eigenvalue weighted by Crippen LogP contribution is -2.55. The first-order valence-corrected chi connectivity index (χ1v) is 6.86. The van der Waals surface area contributed by atoms with Crippen molar-refractivity contribution in [3.8, 4) is 0 Å². The maximum atomic E-state index is 12.0. The molecule has 0 saturated carbocycles. The van der Waals surface area contributed by atoms with Gasteiger partial charge in [0.1, 0.15) is 0 Å². The zero-order valence-electron chi connectivity index (χ0n) is 10.5. The van der Waals surface area contributed by atoms with Crippen LogP contribution >= 0.6 is 11.8 Å². The Morgan fingerprint density at radius 2 is 2.00 bits per heavy atom. The Kier molecular flexibility index (Phi) is 4.42. The smallest absolute Gasteiger partial charge is 0.242 e. The topological polar surface area (TPSA) is 46.2 Å². The quantitative estimate of drug-likeness (QED) is 0.771. The standard InChI is InChI=1S/C12H21NO2S/c1-5-9-10(14)13-11(15)12(6-2,16-9)7-8(3)4/h8-9H,5-7H2,1-4H3,(H,13,14,15). The van der Waals surface area contributed by atoms with E-state index >= 15 is 0 Å². The molecule has 0 aromatic rings. The minimum absolute atomic E-state index is 0.0728. The van der Waals surface area contributed by atoms with Gasteiger partial charge < -0.3 is 0 Å². The SMILES string of the molecule is CCC1SC(CC)(CC(C)C)C(=O)NC1=O. The zero-order valence-corrected chi connectivity index (χ0v) is 11.3. The molecule has 0 aliphatic carbocycles. The molecule has 1 rings (SSSR count). The van der Waals surface area contributed by atoms with E-state index in [4.69, 9.17) is 0 Å². The summed E-state index contributed by atoms with van der Waals surface area (Å²) in [7, 11) is 0. The van der Waals surface area contributed by atoms with Gasteiger partial charge in [0.2, 0.25) is 11.8 Å². The Labute approximate surface area is 102 Å². The van der Waals surface area contributed by atoms with Crippen molar-refractivity contribution < 1.29 is 9.59 Å². The van der Waals surface area contributed by atoms with E-state index in [0.29, 0.717) is 5.92 Å². The van der Waals surface area contributed by atoms with Gasteiger partial charge in [0, 0.05) is 0 Å².